The van der Waals surface area contributed by atoms with Gasteiger partial charge in [0, 0.05) is 24.2 Å². The van der Waals surface area contributed by atoms with Gasteiger partial charge in [-0.3, -0.25) is 14.3 Å². The number of benzene rings is 2. The van der Waals surface area contributed by atoms with Gasteiger partial charge in [-0.15, -0.1) is 4.40 Å². The molecule has 2 aromatic rings. The summed E-state index contributed by atoms with van der Waals surface area (Å²) in [5, 5.41) is 2.87. The maximum absolute atomic E-state index is 14.0. The summed E-state index contributed by atoms with van der Waals surface area (Å²) in [6.07, 6.45) is 3.56. The van der Waals surface area contributed by atoms with E-state index in [-0.39, 0.29) is 58.1 Å². The topological polar surface area (TPSA) is 142 Å². The largest absolute Gasteiger partial charge is 0.341 e. The van der Waals surface area contributed by atoms with Gasteiger partial charge in [-0.25, -0.2) is 12.8 Å². The van der Waals surface area contributed by atoms with Crippen molar-refractivity contribution in [2.45, 2.75) is 43.7 Å². The van der Waals surface area contributed by atoms with Crippen LogP contribution in [0.5, 0.6) is 0 Å². The molecule has 2 saturated carbocycles. The summed E-state index contributed by atoms with van der Waals surface area (Å²) in [5.74, 6) is -3.04. The Morgan fingerprint density at radius 3 is 2.59 bits per heavy atom. The zero-order chi connectivity index (χ0) is 27.9. The number of carbonyl (C=O) groups is 2. The number of anilines is 2. The van der Waals surface area contributed by atoms with Crippen molar-refractivity contribution >= 4 is 48.9 Å². The third-order valence-electron chi connectivity index (χ3n) is 8.27. The van der Waals surface area contributed by atoms with Crippen LogP contribution in [0.25, 0.3) is 0 Å². The number of fused-ring (bicyclic) bond motifs is 6. The molecule has 1 saturated heterocycles. The van der Waals surface area contributed by atoms with Crippen molar-refractivity contribution in [3.8, 4) is 0 Å². The number of likely N-dealkylation sites (tertiary alicyclic amines) is 1. The second-order valence-corrected chi connectivity index (χ2v) is 14.2. The van der Waals surface area contributed by atoms with Crippen molar-refractivity contribution in [2.24, 2.45) is 28.1 Å². The van der Waals surface area contributed by atoms with Crippen LogP contribution in [0.2, 0.25) is 0 Å². The Bertz CT molecular complexity index is 1670. The first-order valence-corrected chi connectivity index (χ1v) is 16.0. The number of piperidine rings is 1. The predicted octanol–water partition coefficient (Wildman–Crippen LogP) is 2.66. The summed E-state index contributed by atoms with van der Waals surface area (Å²) in [7, 11) is -8.01. The monoisotopic (exact) mass is 574 g/mol. The fourth-order valence-corrected chi connectivity index (χ4v) is 8.49. The van der Waals surface area contributed by atoms with E-state index < -0.39 is 37.8 Å². The van der Waals surface area contributed by atoms with Crippen LogP contribution in [-0.4, -0.2) is 51.6 Å². The average Bonchev–Trinajstić information content (AvgIpc) is 3.46. The molecular formula is C26H27FN4O6S2. The molecule has 3 fully saturated rings. The normalized spacial score (nSPS) is 28.9. The molecule has 2 N–H and O–H groups in total. The van der Waals surface area contributed by atoms with E-state index in [1.54, 1.807) is 24.0 Å². The van der Waals surface area contributed by atoms with Crippen molar-refractivity contribution in [1.29, 1.82) is 0 Å². The Kier molecular flexibility index (Phi) is 5.88. The Morgan fingerprint density at radius 1 is 1.13 bits per heavy atom. The molecule has 10 nitrogen and oxygen atoms in total. The molecule has 39 heavy (non-hydrogen) atoms. The molecule has 0 aromatic heterocycles. The number of hydrogen-bond acceptors (Lipinski definition) is 7. The van der Waals surface area contributed by atoms with Gasteiger partial charge in [0.05, 0.1) is 11.9 Å². The summed E-state index contributed by atoms with van der Waals surface area (Å²) in [4.78, 5) is 29.2. The summed E-state index contributed by atoms with van der Waals surface area (Å²) in [6.45, 7) is 1.81. The zero-order valence-electron chi connectivity index (χ0n) is 21.2. The Hall–Kier alpha value is -3.32. The first-order valence-electron chi connectivity index (χ1n) is 12.7. The van der Waals surface area contributed by atoms with Gasteiger partial charge in [0.2, 0.25) is 15.9 Å². The molecule has 0 radical (unpaired) electrons. The van der Waals surface area contributed by atoms with Crippen LogP contribution in [0.4, 0.5) is 15.8 Å². The van der Waals surface area contributed by atoms with E-state index in [1.807, 2.05) is 0 Å². The van der Waals surface area contributed by atoms with E-state index in [9.17, 15) is 30.8 Å². The second-order valence-electron chi connectivity index (χ2n) is 10.9. The third kappa shape index (κ3) is 4.41. The van der Waals surface area contributed by atoms with Crippen LogP contribution < -0.4 is 10.0 Å². The van der Waals surface area contributed by atoms with Crippen molar-refractivity contribution in [3.05, 3.63) is 53.3 Å². The lowest BCUT2D eigenvalue weighted by molar-refractivity contribution is -0.153. The number of amides is 1. The zero-order valence-corrected chi connectivity index (χ0v) is 22.9. The minimum absolute atomic E-state index is 0.0377. The predicted molar refractivity (Wildman–Crippen MR) is 141 cm³/mol. The molecule has 2 aromatic carbocycles. The highest BCUT2D eigenvalue weighted by Gasteiger charge is 2.60. The molecular weight excluding hydrogens is 547 g/mol. The highest BCUT2D eigenvalue weighted by atomic mass is 32.2. The number of amidine groups is 1. The number of carbonyl (C=O) groups excluding carboxylic acids is 2. The number of sulfonamides is 2. The quantitative estimate of drug-likeness (QED) is 0.523. The molecule has 5 atom stereocenters. The number of nitrogens with zero attached hydrogens (tertiary/aromatic N) is 2. The van der Waals surface area contributed by atoms with Crippen LogP contribution in [0.15, 0.2) is 45.7 Å². The number of hydrogen-bond donors (Lipinski definition) is 2. The van der Waals surface area contributed by atoms with Crippen LogP contribution in [0, 0.1) is 36.4 Å². The smallest absolute Gasteiger partial charge is 0.286 e. The van der Waals surface area contributed by atoms with Crippen molar-refractivity contribution in [2.75, 3.05) is 16.3 Å². The fraction of sp³-hybridized carbons (Fsp3) is 0.423. The highest BCUT2D eigenvalue weighted by molar-refractivity contribution is 7.92. The average molecular weight is 575 g/mol. The van der Waals surface area contributed by atoms with E-state index >= 15 is 0 Å². The standard InChI is InChI=1S/C26H27FN4O6S2/c1-13-9-14(3-7-18(13)27)12-31-23-16-5-4-15(10-16)21(23)24(32)22(26(31)33)25-28-19-8-6-17(29-38(2,34)35)11-20(19)39(36,37)30-25/h3,6-9,11,15-16,21-23,29H,4-5,10,12H2,1-2H3,(H,28,30)/t15-,16+,21-,22?,23+/m1/s1. The van der Waals surface area contributed by atoms with Gasteiger partial charge in [0.25, 0.3) is 10.0 Å². The van der Waals surface area contributed by atoms with Gasteiger partial charge in [0.15, 0.2) is 11.7 Å². The SMILES string of the molecule is Cc1cc(CN2C(=O)C(C3=NS(=O)(=O)c4cc(NS(C)(=O)=O)ccc4N3)C(=O)[C@@H]3[C@@H]4CC[C@@H](C4)[C@@H]32)ccc1F. The van der Waals surface area contributed by atoms with Crippen molar-refractivity contribution in [1.82, 2.24) is 4.90 Å². The van der Waals surface area contributed by atoms with Crippen LogP contribution >= 0.6 is 0 Å². The van der Waals surface area contributed by atoms with E-state index in [4.69, 9.17) is 0 Å². The molecule has 13 heteroatoms. The van der Waals surface area contributed by atoms with Crippen molar-refractivity contribution in [3.63, 3.8) is 0 Å². The summed E-state index contributed by atoms with van der Waals surface area (Å²) in [5.41, 5.74) is 1.30. The lowest BCUT2D eigenvalue weighted by Crippen LogP contribution is -2.61. The number of ketones is 1. The molecule has 1 unspecified atom stereocenters. The Balaban J connectivity index is 1.38. The first-order chi connectivity index (χ1) is 18.3. The molecule has 2 aliphatic heterocycles. The number of aryl methyl sites for hydroxylation is 1. The fourth-order valence-electron chi connectivity index (χ4n) is 6.75. The van der Waals surface area contributed by atoms with Gasteiger partial charge in [-0.05, 0) is 73.4 Å². The number of halogens is 1. The van der Waals surface area contributed by atoms with Gasteiger partial charge >= 0.3 is 0 Å². The van der Waals surface area contributed by atoms with E-state index in [0.29, 0.717) is 5.56 Å². The second kappa shape index (κ2) is 8.85. The van der Waals surface area contributed by atoms with E-state index in [1.165, 1.54) is 18.2 Å². The molecule has 2 heterocycles. The molecule has 2 bridgehead atoms. The van der Waals surface area contributed by atoms with E-state index in [0.717, 1.165) is 37.1 Å². The number of Topliss-reactive ketones (excluding diaryl/α,β-unsaturated/α-hetero) is 1. The lowest BCUT2D eigenvalue weighted by Gasteiger charge is -2.45. The van der Waals surface area contributed by atoms with Crippen LogP contribution in [0.1, 0.15) is 30.4 Å². The molecule has 0 spiro atoms. The van der Waals surface area contributed by atoms with Crippen LogP contribution in [0.3, 0.4) is 0 Å². The van der Waals surface area contributed by atoms with Crippen LogP contribution in [-0.2, 0) is 36.2 Å². The summed E-state index contributed by atoms with van der Waals surface area (Å²) < 4.78 is 69.5. The van der Waals surface area contributed by atoms with Gasteiger partial charge < -0.3 is 10.2 Å². The number of nitrogens with one attached hydrogen (secondary N) is 2. The Morgan fingerprint density at radius 2 is 1.87 bits per heavy atom. The number of rotatable bonds is 5. The van der Waals surface area contributed by atoms with Gasteiger partial charge in [-0.2, -0.15) is 8.42 Å². The molecule has 206 valence electrons. The molecule has 1 amide bonds. The third-order valence-corrected chi connectivity index (χ3v) is 10.2. The minimum Gasteiger partial charge on any atom is -0.341 e. The maximum atomic E-state index is 14.0. The lowest BCUT2D eigenvalue weighted by atomic mass is 9.73. The van der Waals surface area contributed by atoms with E-state index in [2.05, 4.69) is 14.4 Å². The van der Waals surface area contributed by atoms with Gasteiger partial charge in [0.1, 0.15) is 16.5 Å². The summed E-state index contributed by atoms with van der Waals surface area (Å²) >= 11 is 0. The maximum Gasteiger partial charge on any atom is 0.286 e. The first kappa shape index (κ1) is 25.9. The Labute approximate surface area is 225 Å². The van der Waals surface area contributed by atoms with Crippen molar-refractivity contribution < 1.29 is 30.8 Å². The van der Waals surface area contributed by atoms with Gasteiger partial charge in [-0.1, -0.05) is 12.1 Å². The summed E-state index contributed by atoms with van der Waals surface area (Å²) in [6, 6.07) is 8.24. The minimum atomic E-state index is -4.36. The molecule has 2 aliphatic carbocycles. The molecule has 6 rings (SSSR count). The highest BCUT2D eigenvalue weighted by Crippen LogP contribution is 2.54. The molecule has 4 aliphatic rings.